The fourth-order valence-electron chi connectivity index (χ4n) is 2.54. The molecule has 1 saturated carbocycles. The van der Waals surface area contributed by atoms with Crippen molar-refractivity contribution >= 4 is 10.0 Å². The molecule has 1 N–H and O–H groups in total. The summed E-state index contributed by atoms with van der Waals surface area (Å²) in [5.74, 6) is 0.718. The number of nitrogens with zero attached hydrogens (tertiary/aromatic N) is 3. The van der Waals surface area contributed by atoms with E-state index in [0.29, 0.717) is 25.6 Å². The molecule has 0 bridgehead atoms. The number of sulfonamides is 1. The molecule has 2 fully saturated rings. The van der Waals surface area contributed by atoms with Crippen LogP contribution in [0.2, 0.25) is 0 Å². The highest BCUT2D eigenvalue weighted by Crippen LogP contribution is 2.28. The van der Waals surface area contributed by atoms with Crippen LogP contribution in [0.15, 0.2) is 11.2 Å². The van der Waals surface area contributed by atoms with E-state index >= 15 is 0 Å². The van der Waals surface area contributed by atoms with Crippen LogP contribution in [0.3, 0.4) is 0 Å². The Labute approximate surface area is 113 Å². The summed E-state index contributed by atoms with van der Waals surface area (Å²) in [7, 11) is -3.39. The predicted molar refractivity (Wildman–Crippen MR) is 71.3 cm³/mol. The van der Waals surface area contributed by atoms with Gasteiger partial charge in [-0.25, -0.2) is 13.4 Å². The van der Waals surface area contributed by atoms with Gasteiger partial charge >= 0.3 is 0 Å². The van der Waals surface area contributed by atoms with Crippen LogP contribution in [-0.4, -0.2) is 59.8 Å². The number of aromatic nitrogens is 2. The molecular formula is C12H20N4O2S. The summed E-state index contributed by atoms with van der Waals surface area (Å²) in [6.45, 7) is 4.81. The number of H-pyrrole nitrogens is 1. The van der Waals surface area contributed by atoms with Crippen molar-refractivity contribution in [2.45, 2.75) is 37.3 Å². The van der Waals surface area contributed by atoms with E-state index in [9.17, 15) is 8.42 Å². The van der Waals surface area contributed by atoms with Gasteiger partial charge in [0.15, 0.2) is 5.03 Å². The molecule has 1 aliphatic carbocycles. The third-order valence-corrected chi connectivity index (χ3v) is 5.70. The Morgan fingerprint density at radius 1 is 1.32 bits per heavy atom. The highest BCUT2D eigenvalue weighted by atomic mass is 32.2. The average molecular weight is 284 g/mol. The number of aromatic amines is 1. The summed E-state index contributed by atoms with van der Waals surface area (Å²) < 4.78 is 26.5. The van der Waals surface area contributed by atoms with Crippen LogP contribution in [0.1, 0.15) is 25.6 Å². The van der Waals surface area contributed by atoms with Crippen molar-refractivity contribution in [2.24, 2.45) is 0 Å². The number of imidazole rings is 1. The lowest BCUT2D eigenvalue weighted by atomic mass is 10.3. The van der Waals surface area contributed by atoms with Crippen LogP contribution in [0.25, 0.3) is 0 Å². The van der Waals surface area contributed by atoms with Gasteiger partial charge in [-0.1, -0.05) is 6.92 Å². The van der Waals surface area contributed by atoms with E-state index in [4.69, 9.17) is 0 Å². The molecule has 1 aromatic heterocycles. The van der Waals surface area contributed by atoms with Gasteiger partial charge in [0.05, 0.1) is 6.20 Å². The average Bonchev–Trinajstić information content (AvgIpc) is 3.15. The Morgan fingerprint density at radius 2 is 2.00 bits per heavy atom. The van der Waals surface area contributed by atoms with Crippen molar-refractivity contribution in [3.8, 4) is 0 Å². The van der Waals surface area contributed by atoms with Crippen LogP contribution < -0.4 is 0 Å². The first-order valence-corrected chi connectivity index (χ1v) is 8.33. The number of aryl methyl sites for hydroxylation is 1. The standard InChI is InChI=1S/C12H20N4O2S/c1-2-11-13-9-12(14-11)19(17,18)16-7-5-15(6-8-16)10-3-4-10/h9-10H,2-8H2,1H3,(H,13,14). The third kappa shape index (κ3) is 2.54. The van der Waals surface area contributed by atoms with Gasteiger partial charge in [-0.3, -0.25) is 4.90 Å². The van der Waals surface area contributed by atoms with Gasteiger partial charge in [-0.05, 0) is 12.8 Å². The highest BCUT2D eigenvalue weighted by Gasteiger charge is 2.35. The molecule has 1 saturated heterocycles. The molecular weight excluding hydrogens is 264 g/mol. The first-order valence-electron chi connectivity index (χ1n) is 6.89. The monoisotopic (exact) mass is 284 g/mol. The van der Waals surface area contributed by atoms with Gasteiger partial charge in [-0.2, -0.15) is 4.31 Å². The molecule has 0 amide bonds. The topological polar surface area (TPSA) is 69.3 Å². The molecule has 0 radical (unpaired) electrons. The second-order valence-electron chi connectivity index (χ2n) is 5.22. The predicted octanol–water partition coefficient (Wildman–Crippen LogP) is 0.441. The molecule has 0 aromatic carbocycles. The van der Waals surface area contributed by atoms with Crippen molar-refractivity contribution in [1.82, 2.24) is 19.2 Å². The first-order chi connectivity index (χ1) is 9.11. The summed E-state index contributed by atoms with van der Waals surface area (Å²) in [5, 5.41) is 0.226. The van der Waals surface area contributed by atoms with Crippen LogP contribution in [-0.2, 0) is 16.4 Å². The Hall–Kier alpha value is -0.920. The van der Waals surface area contributed by atoms with Crippen molar-refractivity contribution in [2.75, 3.05) is 26.2 Å². The number of nitrogens with one attached hydrogen (secondary N) is 1. The van der Waals surface area contributed by atoms with Gasteiger partial charge in [0.1, 0.15) is 5.82 Å². The molecule has 3 rings (SSSR count). The number of rotatable bonds is 4. The van der Waals surface area contributed by atoms with Crippen LogP contribution >= 0.6 is 0 Å². The summed E-state index contributed by atoms with van der Waals surface area (Å²) in [5.41, 5.74) is 0. The Kier molecular flexibility index (Phi) is 3.36. The van der Waals surface area contributed by atoms with Crippen LogP contribution in [0.4, 0.5) is 0 Å². The van der Waals surface area contributed by atoms with Gasteiger partial charge in [0.2, 0.25) is 0 Å². The SMILES string of the molecule is CCc1ncc(S(=O)(=O)N2CCN(C3CC3)CC2)[nH]1. The normalized spacial score (nSPS) is 22.8. The molecule has 2 heterocycles. The zero-order valence-electron chi connectivity index (χ0n) is 11.2. The third-order valence-electron chi connectivity index (χ3n) is 3.89. The van der Waals surface area contributed by atoms with E-state index in [0.717, 1.165) is 18.9 Å². The van der Waals surface area contributed by atoms with Gasteiger partial charge in [0, 0.05) is 38.6 Å². The Bertz CT molecular complexity index is 542. The molecule has 106 valence electrons. The van der Waals surface area contributed by atoms with Crippen LogP contribution in [0.5, 0.6) is 0 Å². The molecule has 19 heavy (non-hydrogen) atoms. The smallest absolute Gasteiger partial charge is 0.260 e. The van der Waals surface area contributed by atoms with E-state index in [1.54, 1.807) is 4.31 Å². The fourth-order valence-corrected chi connectivity index (χ4v) is 3.90. The first kappa shape index (κ1) is 13.1. The quantitative estimate of drug-likeness (QED) is 0.871. The summed E-state index contributed by atoms with van der Waals surface area (Å²) in [6.07, 6.45) is 4.69. The zero-order chi connectivity index (χ0) is 13.5. The minimum atomic E-state index is -3.39. The molecule has 0 atom stereocenters. The second-order valence-corrected chi connectivity index (χ2v) is 7.13. The fraction of sp³-hybridized carbons (Fsp3) is 0.750. The molecule has 6 nitrogen and oxygen atoms in total. The molecule has 0 unspecified atom stereocenters. The van der Waals surface area contributed by atoms with Crippen molar-refractivity contribution < 1.29 is 8.42 Å². The molecule has 1 aromatic rings. The lowest BCUT2D eigenvalue weighted by Crippen LogP contribution is -2.49. The lowest BCUT2D eigenvalue weighted by Gasteiger charge is -2.33. The largest absolute Gasteiger partial charge is 0.332 e. The Morgan fingerprint density at radius 3 is 2.53 bits per heavy atom. The number of piperazine rings is 1. The maximum atomic E-state index is 12.4. The maximum absolute atomic E-state index is 12.4. The summed E-state index contributed by atoms with van der Waals surface area (Å²) in [6, 6.07) is 0.712. The number of hydrogen-bond donors (Lipinski definition) is 1. The zero-order valence-corrected chi connectivity index (χ0v) is 12.0. The Balaban J connectivity index is 1.70. The van der Waals surface area contributed by atoms with Gasteiger partial charge in [-0.15, -0.1) is 0 Å². The van der Waals surface area contributed by atoms with Crippen molar-refractivity contribution in [1.29, 1.82) is 0 Å². The minimum Gasteiger partial charge on any atom is -0.332 e. The van der Waals surface area contributed by atoms with E-state index in [2.05, 4.69) is 14.9 Å². The van der Waals surface area contributed by atoms with Gasteiger partial charge < -0.3 is 4.98 Å². The second kappa shape index (κ2) is 4.88. The minimum absolute atomic E-state index is 0.226. The molecule has 0 spiro atoms. The van der Waals surface area contributed by atoms with Crippen LogP contribution in [0, 0.1) is 0 Å². The molecule has 7 heteroatoms. The molecule has 1 aliphatic heterocycles. The highest BCUT2D eigenvalue weighted by molar-refractivity contribution is 7.89. The van der Waals surface area contributed by atoms with Crippen molar-refractivity contribution in [3.63, 3.8) is 0 Å². The molecule has 2 aliphatic rings. The number of hydrogen-bond acceptors (Lipinski definition) is 4. The summed E-state index contributed by atoms with van der Waals surface area (Å²) >= 11 is 0. The van der Waals surface area contributed by atoms with E-state index < -0.39 is 10.0 Å². The van der Waals surface area contributed by atoms with E-state index in [1.165, 1.54) is 19.0 Å². The van der Waals surface area contributed by atoms with E-state index in [1.807, 2.05) is 6.92 Å². The summed E-state index contributed by atoms with van der Waals surface area (Å²) in [4.78, 5) is 9.37. The maximum Gasteiger partial charge on any atom is 0.260 e. The van der Waals surface area contributed by atoms with Gasteiger partial charge in [0.25, 0.3) is 10.0 Å². The lowest BCUT2D eigenvalue weighted by molar-refractivity contribution is 0.180. The van der Waals surface area contributed by atoms with E-state index in [-0.39, 0.29) is 5.03 Å². The van der Waals surface area contributed by atoms with Crippen molar-refractivity contribution in [3.05, 3.63) is 12.0 Å².